The van der Waals surface area contributed by atoms with Crippen LogP contribution in [0.2, 0.25) is 0 Å². The van der Waals surface area contributed by atoms with Crippen molar-refractivity contribution in [2.75, 3.05) is 5.75 Å². The lowest BCUT2D eigenvalue weighted by Crippen LogP contribution is -2.42. The van der Waals surface area contributed by atoms with Crippen molar-refractivity contribution in [2.45, 2.75) is 34.7 Å². The molecule has 0 aliphatic carbocycles. The lowest BCUT2D eigenvalue weighted by molar-refractivity contribution is -0.120. The van der Waals surface area contributed by atoms with Crippen molar-refractivity contribution in [3.05, 3.63) is 0 Å². The molecule has 1 unspecified atom stereocenters. The molecule has 0 fully saturated rings. The van der Waals surface area contributed by atoms with Crippen LogP contribution >= 0.6 is 34.9 Å². The molecule has 1 rings (SSSR count). The summed E-state index contributed by atoms with van der Waals surface area (Å²) in [4.78, 5) is 22.6. The number of hydrogen-bond donors (Lipinski definition) is 2. The van der Waals surface area contributed by atoms with E-state index in [0.29, 0.717) is 4.34 Å². The third-order valence-corrected chi connectivity index (χ3v) is 5.56. The molecule has 106 valence electrons. The summed E-state index contributed by atoms with van der Waals surface area (Å²) in [5, 5.41) is 9.75. The first-order chi connectivity index (χ1) is 8.93. The lowest BCUT2D eigenvalue weighted by atomic mass is 10.1. The first-order valence-corrected chi connectivity index (χ1v) is 8.35. The van der Waals surface area contributed by atoms with E-state index in [9.17, 15) is 9.59 Å². The predicted molar refractivity (Wildman–Crippen MR) is 78.5 cm³/mol. The van der Waals surface area contributed by atoms with E-state index in [1.807, 2.05) is 20.8 Å². The fourth-order valence-electron chi connectivity index (χ4n) is 1.22. The van der Waals surface area contributed by atoms with Gasteiger partial charge in [-0.1, -0.05) is 55.6 Å². The van der Waals surface area contributed by atoms with Gasteiger partial charge in [-0.3, -0.25) is 10.1 Å². The summed E-state index contributed by atoms with van der Waals surface area (Å²) < 4.78 is 1.59. The Hall–Kier alpha value is -0.800. The van der Waals surface area contributed by atoms with Crippen molar-refractivity contribution in [1.29, 1.82) is 0 Å². The number of carbonyl (C=O) groups excluding carboxylic acids is 2. The molecular formula is C10H16N4O2S3. The Morgan fingerprint density at radius 1 is 1.37 bits per heavy atom. The molecular weight excluding hydrogens is 304 g/mol. The van der Waals surface area contributed by atoms with E-state index in [4.69, 9.17) is 5.73 Å². The Labute approximate surface area is 124 Å². The van der Waals surface area contributed by atoms with Crippen LogP contribution in [0.1, 0.15) is 20.8 Å². The maximum atomic E-state index is 11.9. The largest absolute Gasteiger partial charge is 0.351 e. The van der Waals surface area contributed by atoms with Gasteiger partial charge in [-0.05, 0) is 11.7 Å². The number of amides is 3. The SMILES string of the molecule is CCSc1nnc(SC(C(=O)NC(N)=O)C(C)C)s1. The number of rotatable bonds is 6. The Morgan fingerprint density at radius 3 is 2.53 bits per heavy atom. The van der Waals surface area contributed by atoms with E-state index in [0.717, 1.165) is 10.1 Å². The molecule has 1 aromatic rings. The normalized spacial score (nSPS) is 12.4. The first-order valence-electron chi connectivity index (χ1n) is 5.67. The number of nitrogens with one attached hydrogen (secondary N) is 1. The summed E-state index contributed by atoms with van der Waals surface area (Å²) in [6, 6.07) is -0.837. The second-order valence-electron chi connectivity index (χ2n) is 3.90. The van der Waals surface area contributed by atoms with Gasteiger partial charge in [0.25, 0.3) is 0 Å². The highest BCUT2D eigenvalue weighted by atomic mass is 32.2. The molecule has 0 spiro atoms. The minimum atomic E-state index is -0.837. The van der Waals surface area contributed by atoms with Crippen molar-refractivity contribution >= 4 is 46.8 Å². The number of aromatic nitrogens is 2. The number of carbonyl (C=O) groups is 2. The van der Waals surface area contributed by atoms with Crippen LogP contribution in [0.3, 0.4) is 0 Å². The first kappa shape index (κ1) is 16.3. The minimum Gasteiger partial charge on any atom is -0.351 e. The van der Waals surface area contributed by atoms with Gasteiger partial charge in [0, 0.05) is 0 Å². The second kappa shape index (κ2) is 7.71. The molecule has 9 heteroatoms. The quantitative estimate of drug-likeness (QED) is 0.778. The van der Waals surface area contributed by atoms with Crippen LogP contribution in [-0.2, 0) is 4.79 Å². The summed E-state index contributed by atoms with van der Waals surface area (Å²) >= 11 is 4.36. The smallest absolute Gasteiger partial charge is 0.318 e. The molecule has 1 atom stereocenters. The maximum absolute atomic E-state index is 11.9. The van der Waals surface area contributed by atoms with Crippen molar-refractivity contribution in [3.63, 3.8) is 0 Å². The Kier molecular flexibility index (Phi) is 6.59. The number of thioether (sulfide) groups is 2. The van der Waals surface area contributed by atoms with Gasteiger partial charge < -0.3 is 5.73 Å². The van der Waals surface area contributed by atoms with Gasteiger partial charge in [-0.15, -0.1) is 10.2 Å². The predicted octanol–water partition coefficient (Wildman–Crippen LogP) is 1.96. The van der Waals surface area contributed by atoms with Crippen molar-refractivity contribution in [1.82, 2.24) is 15.5 Å². The van der Waals surface area contributed by atoms with E-state index in [1.54, 1.807) is 11.8 Å². The van der Waals surface area contributed by atoms with Crippen molar-refractivity contribution < 1.29 is 9.59 Å². The van der Waals surface area contributed by atoms with Crippen LogP contribution < -0.4 is 11.1 Å². The van der Waals surface area contributed by atoms with Gasteiger partial charge in [-0.25, -0.2) is 4.79 Å². The number of urea groups is 1. The third kappa shape index (κ3) is 5.37. The average Bonchev–Trinajstić information content (AvgIpc) is 2.72. The topological polar surface area (TPSA) is 98.0 Å². The third-order valence-electron chi connectivity index (χ3n) is 1.99. The highest BCUT2D eigenvalue weighted by Gasteiger charge is 2.26. The van der Waals surface area contributed by atoms with Gasteiger partial charge in [-0.2, -0.15) is 0 Å². The van der Waals surface area contributed by atoms with Crippen LogP contribution in [0.4, 0.5) is 4.79 Å². The average molecular weight is 320 g/mol. The molecule has 1 heterocycles. The van der Waals surface area contributed by atoms with Crippen LogP contribution in [-0.4, -0.2) is 33.1 Å². The molecule has 6 nitrogen and oxygen atoms in total. The monoisotopic (exact) mass is 320 g/mol. The molecule has 0 saturated heterocycles. The van der Waals surface area contributed by atoms with Crippen molar-refractivity contribution in [2.24, 2.45) is 11.7 Å². The van der Waals surface area contributed by atoms with E-state index < -0.39 is 17.2 Å². The molecule has 0 aliphatic heterocycles. The molecule has 0 aromatic carbocycles. The fraction of sp³-hybridized carbons (Fsp3) is 0.600. The summed E-state index contributed by atoms with van der Waals surface area (Å²) in [7, 11) is 0. The van der Waals surface area contributed by atoms with Gasteiger partial charge in [0.2, 0.25) is 5.91 Å². The molecule has 0 aliphatic rings. The molecule has 0 saturated carbocycles. The number of nitrogens with two attached hydrogens (primary N) is 1. The highest BCUT2D eigenvalue weighted by Crippen LogP contribution is 2.33. The zero-order chi connectivity index (χ0) is 14.4. The standard InChI is InChI=1S/C10H16N4O2S3/c1-4-17-9-13-14-10(19-9)18-6(5(2)3)7(15)12-8(11)16/h5-6H,4H2,1-3H3,(H3,11,12,15,16). The van der Waals surface area contributed by atoms with Gasteiger partial charge >= 0.3 is 6.03 Å². The van der Waals surface area contributed by atoms with E-state index >= 15 is 0 Å². The minimum absolute atomic E-state index is 0.0514. The van der Waals surface area contributed by atoms with E-state index in [-0.39, 0.29) is 5.92 Å². The summed E-state index contributed by atoms with van der Waals surface area (Å²) in [5.41, 5.74) is 4.96. The molecule has 3 amide bonds. The molecule has 3 N–H and O–H groups in total. The highest BCUT2D eigenvalue weighted by molar-refractivity contribution is 8.03. The van der Waals surface area contributed by atoms with Gasteiger partial charge in [0.05, 0.1) is 5.25 Å². The van der Waals surface area contributed by atoms with E-state index in [2.05, 4.69) is 15.5 Å². The summed E-state index contributed by atoms with van der Waals surface area (Å²) in [5.74, 6) is 0.581. The van der Waals surface area contributed by atoms with Crippen molar-refractivity contribution in [3.8, 4) is 0 Å². The Balaban J connectivity index is 2.72. The number of hydrogen-bond acceptors (Lipinski definition) is 7. The zero-order valence-electron chi connectivity index (χ0n) is 10.9. The van der Waals surface area contributed by atoms with Gasteiger partial charge in [0.1, 0.15) is 0 Å². The van der Waals surface area contributed by atoms with Gasteiger partial charge in [0.15, 0.2) is 8.68 Å². The Bertz CT molecular complexity index is 450. The zero-order valence-corrected chi connectivity index (χ0v) is 13.3. The van der Waals surface area contributed by atoms with Crippen LogP contribution in [0, 0.1) is 5.92 Å². The Morgan fingerprint density at radius 2 is 2.00 bits per heavy atom. The summed E-state index contributed by atoms with van der Waals surface area (Å²) in [6.45, 7) is 5.85. The van der Waals surface area contributed by atoms with Crippen LogP contribution in [0.5, 0.6) is 0 Å². The molecule has 0 radical (unpaired) electrons. The molecule has 1 aromatic heterocycles. The molecule has 19 heavy (non-hydrogen) atoms. The number of nitrogens with zero attached hydrogens (tertiary/aromatic N) is 2. The lowest BCUT2D eigenvalue weighted by Gasteiger charge is -2.16. The number of imide groups is 1. The maximum Gasteiger partial charge on any atom is 0.318 e. The number of primary amides is 1. The van der Waals surface area contributed by atoms with Crippen LogP contribution in [0.25, 0.3) is 0 Å². The summed E-state index contributed by atoms with van der Waals surface area (Å²) in [6.07, 6.45) is 0. The second-order valence-corrected chi connectivity index (χ2v) is 7.78. The van der Waals surface area contributed by atoms with Crippen LogP contribution in [0.15, 0.2) is 8.68 Å². The molecule has 0 bridgehead atoms. The van der Waals surface area contributed by atoms with E-state index in [1.165, 1.54) is 23.1 Å². The fourth-order valence-corrected chi connectivity index (χ4v) is 4.35.